The average Bonchev–Trinajstić information content (AvgIpc) is 3.68. The maximum atomic E-state index is 13.4. The number of rotatable bonds is 10. The van der Waals surface area contributed by atoms with Crippen molar-refractivity contribution in [2.75, 3.05) is 11.5 Å². The summed E-state index contributed by atoms with van der Waals surface area (Å²) in [6, 6.07) is 16.5. The molecule has 1 N–H and O–H groups in total. The van der Waals surface area contributed by atoms with Crippen molar-refractivity contribution < 1.29 is 23.8 Å². The number of hydrogen-bond acceptors (Lipinski definition) is 9. The monoisotopic (exact) mass is 565 g/mol. The number of carbonyl (C=O) groups is 2. The van der Waals surface area contributed by atoms with Gasteiger partial charge in [0, 0.05) is 10.8 Å². The van der Waals surface area contributed by atoms with Gasteiger partial charge in [0.05, 0.1) is 17.9 Å². The SMILES string of the molecule is C=CCOc1ccc(C2C(C(=O)c3ccco3)=C(O)C(=O)N2c2nnc(SCc3ccccc3Cl)s2)cc1. The van der Waals surface area contributed by atoms with Gasteiger partial charge in [0.25, 0.3) is 5.91 Å². The highest BCUT2D eigenvalue weighted by Crippen LogP contribution is 2.44. The average molecular weight is 566 g/mol. The van der Waals surface area contributed by atoms with Gasteiger partial charge in [-0.1, -0.05) is 77.7 Å². The maximum Gasteiger partial charge on any atom is 0.296 e. The van der Waals surface area contributed by atoms with Crippen molar-refractivity contribution in [1.29, 1.82) is 0 Å². The molecule has 5 rings (SSSR count). The van der Waals surface area contributed by atoms with Crippen LogP contribution in [0.2, 0.25) is 5.02 Å². The third kappa shape index (κ3) is 5.10. The minimum absolute atomic E-state index is 0.00499. The molecule has 0 aliphatic carbocycles. The number of ketones is 1. The van der Waals surface area contributed by atoms with E-state index in [1.165, 1.54) is 40.3 Å². The van der Waals surface area contributed by atoms with Crippen LogP contribution in [0, 0.1) is 0 Å². The third-order valence-electron chi connectivity index (χ3n) is 5.67. The summed E-state index contributed by atoms with van der Waals surface area (Å²) in [6.45, 7) is 3.97. The lowest BCUT2D eigenvalue weighted by molar-refractivity contribution is -0.117. The van der Waals surface area contributed by atoms with Gasteiger partial charge >= 0.3 is 0 Å². The Kier molecular flexibility index (Phi) is 7.64. The Morgan fingerprint density at radius 3 is 2.68 bits per heavy atom. The zero-order valence-electron chi connectivity index (χ0n) is 19.7. The highest BCUT2D eigenvalue weighted by molar-refractivity contribution is 8.00. The number of ether oxygens (including phenoxy) is 1. The number of benzene rings is 2. The van der Waals surface area contributed by atoms with Crippen molar-refractivity contribution in [2.24, 2.45) is 0 Å². The van der Waals surface area contributed by atoms with E-state index in [9.17, 15) is 14.7 Å². The van der Waals surface area contributed by atoms with E-state index in [0.717, 1.165) is 5.56 Å². The standard InChI is InChI=1S/C27H20ClN3O5S2/c1-2-13-35-18-11-9-16(10-12-18)22-21(23(32)20-8-5-14-36-20)24(33)25(34)31(22)26-29-30-27(38-26)37-15-17-6-3-4-7-19(17)28/h2-12,14,22,33H,1,13,15H2. The van der Waals surface area contributed by atoms with Crippen LogP contribution in [0.4, 0.5) is 5.13 Å². The van der Waals surface area contributed by atoms with Gasteiger partial charge in [-0.05, 0) is 41.5 Å². The molecule has 0 radical (unpaired) electrons. The van der Waals surface area contributed by atoms with Crippen molar-refractivity contribution in [3.8, 4) is 5.75 Å². The molecule has 4 aromatic rings. The number of amides is 1. The van der Waals surface area contributed by atoms with Gasteiger partial charge in [-0.15, -0.1) is 10.2 Å². The van der Waals surface area contributed by atoms with Crippen molar-refractivity contribution >= 4 is 51.5 Å². The first-order valence-electron chi connectivity index (χ1n) is 11.4. The molecular formula is C27H20ClN3O5S2. The summed E-state index contributed by atoms with van der Waals surface area (Å²) in [5.41, 5.74) is 1.41. The van der Waals surface area contributed by atoms with Crippen LogP contribution < -0.4 is 9.64 Å². The summed E-state index contributed by atoms with van der Waals surface area (Å²) in [4.78, 5) is 28.0. The number of halogens is 1. The lowest BCUT2D eigenvalue weighted by atomic mass is 9.95. The number of hydrogen-bond donors (Lipinski definition) is 1. The second-order valence-corrected chi connectivity index (χ2v) is 10.6. The molecule has 1 aliphatic rings. The summed E-state index contributed by atoms with van der Waals surface area (Å²) in [7, 11) is 0. The smallest absolute Gasteiger partial charge is 0.296 e. The minimum Gasteiger partial charge on any atom is -0.503 e. The number of aromatic nitrogens is 2. The molecule has 1 aliphatic heterocycles. The summed E-state index contributed by atoms with van der Waals surface area (Å²) < 4.78 is 11.4. The molecule has 0 spiro atoms. The Labute approximate surface area is 231 Å². The van der Waals surface area contributed by atoms with Gasteiger partial charge in [-0.3, -0.25) is 14.5 Å². The molecule has 3 heterocycles. The molecule has 1 amide bonds. The van der Waals surface area contributed by atoms with E-state index < -0.39 is 23.5 Å². The number of nitrogens with zero attached hydrogens (tertiary/aromatic N) is 3. The van der Waals surface area contributed by atoms with E-state index in [-0.39, 0.29) is 16.5 Å². The molecule has 1 atom stereocenters. The highest BCUT2D eigenvalue weighted by Gasteiger charge is 2.46. The normalized spacial score (nSPS) is 15.2. The Hall–Kier alpha value is -3.86. The second-order valence-electron chi connectivity index (χ2n) is 8.05. The van der Waals surface area contributed by atoms with Crippen molar-refractivity contribution in [2.45, 2.75) is 16.1 Å². The fourth-order valence-corrected chi connectivity index (χ4v) is 6.06. The third-order valence-corrected chi connectivity index (χ3v) is 8.15. The molecule has 0 fully saturated rings. The first-order valence-corrected chi connectivity index (χ1v) is 13.5. The van der Waals surface area contributed by atoms with E-state index in [1.807, 2.05) is 24.3 Å². The van der Waals surface area contributed by atoms with E-state index in [4.69, 9.17) is 20.8 Å². The predicted molar refractivity (Wildman–Crippen MR) is 146 cm³/mol. The van der Waals surface area contributed by atoms with Crippen LogP contribution in [-0.4, -0.2) is 33.6 Å². The molecule has 192 valence electrons. The number of furan rings is 1. The number of anilines is 1. The number of Topliss-reactive ketones (excluding diaryl/α,β-unsaturated/α-hetero) is 1. The van der Waals surface area contributed by atoms with Gasteiger partial charge in [0.2, 0.25) is 10.9 Å². The van der Waals surface area contributed by atoms with Crippen LogP contribution in [0.5, 0.6) is 5.75 Å². The van der Waals surface area contributed by atoms with Gasteiger partial charge < -0.3 is 14.3 Å². The van der Waals surface area contributed by atoms with Crippen LogP contribution in [-0.2, 0) is 10.5 Å². The quantitative estimate of drug-likeness (QED) is 0.102. The van der Waals surface area contributed by atoms with Gasteiger partial charge in [-0.2, -0.15) is 0 Å². The van der Waals surface area contributed by atoms with Crippen molar-refractivity contribution in [3.63, 3.8) is 0 Å². The Bertz CT molecular complexity index is 1520. The fraction of sp³-hybridized carbons (Fsp3) is 0.111. The summed E-state index contributed by atoms with van der Waals surface area (Å²) in [5.74, 6) is -0.863. The molecule has 11 heteroatoms. The van der Waals surface area contributed by atoms with Crippen LogP contribution in [0.3, 0.4) is 0 Å². The van der Waals surface area contributed by atoms with Crippen LogP contribution in [0.1, 0.15) is 27.7 Å². The number of thioether (sulfide) groups is 1. The fourth-order valence-electron chi connectivity index (χ4n) is 3.91. The Morgan fingerprint density at radius 2 is 1.97 bits per heavy atom. The molecular weight excluding hydrogens is 546 g/mol. The first kappa shape index (κ1) is 25.8. The van der Waals surface area contributed by atoms with E-state index in [0.29, 0.717) is 33.0 Å². The lowest BCUT2D eigenvalue weighted by Crippen LogP contribution is -2.31. The van der Waals surface area contributed by atoms with Gasteiger partial charge in [0.15, 0.2) is 15.9 Å². The number of aliphatic hydroxyl groups excluding tert-OH is 1. The Balaban J connectivity index is 1.48. The molecule has 8 nitrogen and oxygen atoms in total. The van der Waals surface area contributed by atoms with Crippen molar-refractivity contribution in [3.05, 3.63) is 113 Å². The molecule has 38 heavy (non-hydrogen) atoms. The van der Waals surface area contributed by atoms with E-state index in [1.54, 1.807) is 36.4 Å². The first-order chi connectivity index (χ1) is 18.5. The van der Waals surface area contributed by atoms with Crippen LogP contribution in [0.15, 0.2) is 99.7 Å². The zero-order chi connectivity index (χ0) is 26.6. The van der Waals surface area contributed by atoms with Gasteiger partial charge in [0.1, 0.15) is 12.4 Å². The lowest BCUT2D eigenvalue weighted by Gasteiger charge is -2.24. The summed E-state index contributed by atoms with van der Waals surface area (Å²) in [6.07, 6.45) is 2.98. The zero-order valence-corrected chi connectivity index (χ0v) is 22.1. The molecule has 1 unspecified atom stereocenters. The molecule has 0 saturated heterocycles. The molecule has 2 aromatic carbocycles. The maximum absolute atomic E-state index is 13.4. The topological polar surface area (TPSA) is 106 Å². The van der Waals surface area contributed by atoms with Crippen LogP contribution >= 0.6 is 34.7 Å². The van der Waals surface area contributed by atoms with E-state index >= 15 is 0 Å². The van der Waals surface area contributed by atoms with Gasteiger partial charge in [-0.25, -0.2) is 0 Å². The summed E-state index contributed by atoms with van der Waals surface area (Å²) in [5, 5.41) is 20.2. The van der Waals surface area contributed by atoms with E-state index in [2.05, 4.69) is 16.8 Å². The number of aliphatic hydroxyl groups is 1. The largest absolute Gasteiger partial charge is 0.503 e. The minimum atomic E-state index is -0.956. The molecule has 0 bridgehead atoms. The van der Waals surface area contributed by atoms with Crippen molar-refractivity contribution in [1.82, 2.24) is 10.2 Å². The van der Waals surface area contributed by atoms with Crippen LogP contribution in [0.25, 0.3) is 0 Å². The summed E-state index contributed by atoms with van der Waals surface area (Å²) >= 11 is 8.86. The predicted octanol–water partition coefficient (Wildman–Crippen LogP) is 6.42. The molecule has 2 aromatic heterocycles. The highest BCUT2D eigenvalue weighted by atomic mass is 35.5. The number of carbonyl (C=O) groups excluding carboxylic acids is 2. The Morgan fingerprint density at radius 1 is 1.18 bits per heavy atom. The second kappa shape index (κ2) is 11.3. The molecule has 0 saturated carbocycles.